The Kier molecular flexibility index (Phi) is 5.19. The van der Waals surface area contributed by atoms with Gasteiger partial charge >= 0.3 is 0 Å². The number of hydrogen-bond acceptors (Lipinski definition) is 4. The third-order valence-corrected chi connectivity index (χ3v) is 4.77. The molecule has 25 heavy (non-hydrogen) atoms. The number of furan rings is 1. The van der Waals surface area contributed by atoms with Crippen molar-refractivity contribution in [2.75, 3.05) is 11.9 Å². The van der Waals surface area contributed by atoms with Crippen LogP contribution in [0.4, 0.5) is 5.69 Å². The average Bonchev–Trinajstić information content (AvgIpc) is 3.28. The third-order valence-electron chi connectivity index (χ3n) is 4.77. The highest BCUT2D eigenvalue weighted by molar-refractivity contribution is 6.04. The van der Waals surface area contributed by atoms with Gasteiger partial charge in [0.2, 0.25) is 0 Å². The van der Waals surface area contributed by atoms with Gasteiger partial charge in [-0.05, 0) is 62.1 Å². The van der Waals surface area contributed by atoms with Gasteiger partial charge in [0.1, 0.15) is 0 Å². The van der Waals surface area contributed by atoms with Crippen LogP contribution in [0.3, 0.4) is 0 Å². The molecule has 1 aliphatic rings. The summed E-state index contributed by atoms with van der Waals surface area (Å²) < 4.78 is 5.09. The van der Waals surface area contributed by atoms with Crippen molar-refractivity contribution in [3.8, 4) is 0 Å². The summed E-state index contributed by atoms with van der Waals surface area (Å²) in [5.41, 5.74) is 7.76. The van der Waals surface area contributed by atoms with E-state index in [2.05, 4.69) is 10.6 Å². The van der Waals surface area contributed by atoms with Crippen molar-refractivity contribution >= 4 is 17.5 Å². The van der Waals surface area contributed by atoms with Crippen LogP contribution in [0.25, 0.3) is 0 Å². The summed E-state index contributed by atoms with van der Waals surface area (Å²) in [7, 11) is 0. The van der Waals surface area contributed by atoms with Crippen molar-refractivity contribution in [2.45, 2.75) is 32.2 Å². The third kappa shape index (κ3) is 3.91. The molecule has 6 nitrogen and oxygen atoms in total. The molecule has 3 rings (SSSR count). The summed E-state index contributed by atoms with van der Waals surface area (Å²) in [6.07, 6.45) is 4.55. The maximum absolute atomic E-state index is 12.6. The first kappa shape index (κ1) is 17.2. The van der Waals surface area contributed by atoms with Gasteiger partial charge in [-0.25, -0.2) is 0 Å². The first-order valence-electron chi connectivity index (χ1n) is 8.55. The number of rotatable bonds is 5. The van der Waals surface area contributed by atoms with Crippen LogP contribution >= 0.6 is 0 Å². The lowest BCUT2D eigenvalue weighted by Gasteiger charge is -2.20. The number of benzene rings is 1. The van der Waals surface area contributed by atoms with Crippen molar-refractivity contribution in [1.82, 2.24) is 5.32 Å². The number of carbonyl (C=O) groups excluding carboxylic acids is 2. The molecule has 1 aromatic carbocycles. The first-order valence-corrected chi connectivity index (χ1v) is 8.55. The molecule has 0 aliphatic heterocycles. The molecule has 132 valence electrons. The largest absolute Gasteiger partial charge is 0.459 e. The number of aryl methyl sites for hydroxylation is 1. The van der Waals surface area contributed by atoms with Gasteiger partial charge in [0.05, 0.1) is 6.26 Å². The zero-order valence-electron chi connectivity index (χ0n) is 14.2. The molecule has 1 aliphatic carbocycles. The predicted molar refractivity (Wildman–Crippen MR) is 95.5 cm³/mol. The molecule has 0 spiro atoms. The minimum absolute atomic E-state index is 0.125. The summed E-state index contributed by atoms with van der Waals surface area (Å²) in [5.74, 6) is 0.0852. The highest BCUT2D eigenvalue weighted by atomic mass is 16.3. The zero-order valence-corrected chi connectivity index (χ0v) is 14.2. The quantitative estimate of drug-likeness (QED) is 0.779. The molecule has 1 fully saturated rings. The number of amides is 2. The summed E-state index contributed by atoms with van der Waals surface area (Å²) in [4.78, 5) is 24.7. The van der Waals surface area contributed by atoms with E-state index in [1.807, 2.05) is 13.0 Å². The molecule has 2 atom stereocenters. The van der Waals surface area contributed by atoms with E-state index in [0.717, 1.165) is 24.8 Å². The molecule has 6 heteroatoms. The van der Waals surface area contributed by atoms with Crippen LogP contribution in [0.1, 0.15) is 45.7 Å². The van der Waals surface area contributed by atoms with E-state index < -0.39 is 0 Å². The summed E-state index contributed by atoms with van der Waals surface area (Å²) >= 11 is 0. The molecular formula is C19H23N3O3. The molecular weight excluding hydrogens is 318 g/mol. The lowest BCUT2D eigenvalue weighted by atomic mass is 10.0. The van der Waals surface area contributed by atoms with Gasteiger partial charge in [-0.2, -0.15) is 0 Å². The molecule has 1 saturated carbocycles. The Morgan fingerprint density at radius 2 is 2.08 bits per heavy atom. The van der Waals surface area contributed by atoms with Gasteiger partial charge in [-0.15, -0.1) is 0 Å². The van der Waals surface area contributed by atoms with Crippen LogP contribution < -0.4 is 16.4 Å². The van der Waals surface area contributed by atoms with E-state index in [0.29, 0.717) is 23.7 Å². The van der Waals surface area contributed by atoms with E-state index in [9.17, 15) is 9.59 Å². The molecule has 2 unspecified atom stereocenters. The van der Waals surface area contributed by atoms with Gasteiger partial charge in [0.15, 0.2) is 5.76 Å². The molecule has 0 saturated heterocycles. The van der Waals surface area contributed by atoms with Crippen molar-refractivity contribution in [3.63, 3.8) is 0 Å². The van der Waals surface area contributed by atoms with Crippen LogP contribution in [0, 0.1) is 12.8 Å². The van der Waals surface area contributed by atoms with E-state index in [4.69, 9.17) is 10.2 Å². The highest BCUT2D eigenvalue weighted by Crippen LogP contribution is 2.25. The fourth-order valence-corrected chi connectivity index (χ4v) is 3.25. The van der Waals surface area contributed by atoms with Gasteiger partial charge in [-0.3, -0.25) is 9.59 Å². The number of nitrogens with one attached hydrogen (secondary N) is 2. The van der Waals surface area contributed by atoms with Gasteiger partial charge in [-0.1, -0.05) is 12.5 Å². The average molecular weight is 341 g/mol. The van der Waals surface area contributed by atoms with Crippen LogP contribution in [0.15, 0.2) is 41.0 Å². The van der Waals surface area contributed by atoms with Gasteiger partial charge in [0, 0.05) is 17.3 Å². The first-order chi connectivity index (χ1) is 12.1. The standard InChI is InChI=1S/C19H23N3O3/c1-12-7-8-13(18(23)21-15-5-2-4-14(15)11-20)10-16(12)22-19(24)17-6-3-9-25-17/h3,6-10,14-15H,2,4-5,11,20H2,1H3,(H,21,23)(H,22,24). The highest BCUT2D eigenvalue weighted by Gasteiger charge is 2.27. The van der Waals surface area contributed by atoms with Crippen molar-refractivity contribution in [3.05, 3.63) is 53.5 Å². The fourth-order valence-electron chi connectivity index (χ4n) is 3.25. The Labute approximate surface area is 146 Å². The molecule has 0 bridgehead atoms. The number of nitrogens with two attached hydrogens (primary N) is 1. The Hall–Kier alpha value is -2.60. The van der Waals surface area contributed by atoms with E-state index >= 15 is 0 Å². The minimum atomic E-state index is -0.343. The maximum atomic E-state index is 12.6. The molecule has 1 aromatic heterocycles. The van der Waals surface area contributed by atoms with E-state index in [-0.39, 0.29) is 23.6 Å². The smallest absolute Gasteiger partial charge is 0.291 e. The normalized spacial score (nSPS) is 19.6. The van der Waals surface area contributed by atoms with Crippen LogP contribution in [-0.4, -0.2) is 24.4 Å². The van der Waals surface area contributed by atoms with Crippen molar-refractivity contribution < 1.29 is 14.0 Å². The lowest BCUT2D eigenvalue weighted by molar-refractivity contribution is 0.0927. The summed E-state index contributed by atoms with van der Waals surface area (Å²) in [6, 6.07) is 8.65. The monoisotopic (exact) mass is 341 g/mol. The molecule has 2 aromatic rings. The van der Waals surface area contributed by atoms with E-state index in [1.54, 1.807) is 24.3 Å². The molecule has 1 heterocycles. The number of carbonyl (C=O) groups is 2. The predicted octanol–water partition coefficient (Wildman–Crippen LogP) is 2.70. The Morgan fingerprint density at radius 3 is 2.80 bits per heavy atom. The SMILES string of the molecule is Cc1ccc(C(=O)NC2CCCC2CN)cc1NC(=O)c1ccco1. The second kappa shape index (κ2) is 7.53. The summed E-state index contributed by atoms with van der Waals surface area (Å²) in [5, 5.41) is 5.86. The number of anilines is 1. The topological polar surface area (TPSA) is 97.4 Å². The second-order valence-electron chi connectivity index (χ2n) is 6.47. The second-order valence-corrected chi connectivity index (χ2v) is 6.47. The fraction of sp³-hybridized carbons (Fsp3) is 0.368. The minimum Gasteiger partial charge on any atom is -0.459 e. The van der Waals surface area contributed by atoms with E-state index in [1.165, 1.54) is 6.26 Å². The van der Waals surface area contributed by atoms with Crippen molar-refractivity contribution in [1.29, 1.82) is 0 Å². The van der Waals surface area contributed by atoms with Crippen LogP contribution in [-0.2, 0) is 0 Å². The van der Waals surface area contributed by atoms with Crippen molar-refractivity contribution in [2.24, 2.45) is 11.7 Å². The zero-order chi connectivity index (χ0) is 17.8. The Bertz CT molecular complexity index is 755. The summed E-state index contributed by atoms with van der Waals surface area (Å²) in [6.45, 7) is 2.46. The van der Waals surface area contributed by atoms with Crippen LogP contribution in [0.2, 0.25) is 0 Å². The van der Waals surface area contributed by atoms with Gasteiger partial charge in [0.25, 0.3) is 11.8 Å². The maximum Gasteiger partial charge on any atom is 0.291 e. The van der Waals surface area contributed by atoms with Gasteiger partial charge < -0.3 is 20.8 Å². The Balaban J connectivity index is 1.72. The molecule has 0 radical (unpaired) electrons. The lowest BCUT2D eigenvalue weighted by Crippen LogP contribution is -2.39. The number of hydrogen-bond donors (Lipinski definition) is 3. The molecule has 2 amide bonds. The molecule has 4 N–H and O–H groups in total. The Morgan fingerprint density at radius 1 is 1.24 bits per heavy atom. The van der Waals surface area contributed by atoms with Crippen LogP contribution in [0.5, 0.6) is 0 Å².